The first kappa shape index (κ1) is 16.1. The number of carbonyl (C=O) groups is 1. The van der Waals surface area contributed by atoms with Crippen molar-refractivity contribution in [1.29, 1.82) is 0 Å². The van der Waals surface area contributed by atoms with Gasteiger partial charge in [-0.15, -0.1) is 0 Å². The summed E-state index contributed by atoms with van der Waals surface area (Å²) in [5.74, 6) is 0.0140. The van der Waals surface area contributed by atoms with Crippen molar-refractivity contribution in [3.8, 4) is 0 Å². The Morgan fingerprint density at radius 3 is 2.71 bits per heavy atom. The molecule has 21 heavy (non-hydrogen) atoms. The first-order valence-electron chi connectivity index (χ1n) is 6.97. The monoisotopic (exact) mass is 324 g/mol. The molecule has 1 amide bonds. The van der Waals surface area contributed by atoms with E-state index >= 15 is 0 Å². The third kappa shape index (κ3) is 3.66. The van der Waals surface area contributed by atoms with Crippen LogP contribution in [0.4, 0.5) is 0 Å². The van der Waals surface area contributed by atoms with E-state index in [-0.39, 0.29) is 5.91 Å². The topological polar surface area (TPSA) is 42.0 Å². The Morgan fingerprint density at radius 2 is 2.05 bits per heavy atom. The Hall–Kier alpha value is -1.32. The summed E-state index contributed by atoms with van der Waals surface area (Å²) in [5.41, 5.74) is 2.12. The quantitative estimate of drug-likeness (QED) is 0.839. The highest BCUT2D eigenvalue weighted by Crippen LogP contribution is 2.27. The summed E-state index contributed by atoms with van der Waals surface area (Å²) in [6, 6.07) is 8.01. The minimum atomic E-state index is -1.04. The van der Waals surface area contributed by atoms with Crippen molar-refractivity contribution in [2.75, 3.05) is 0 Å². The predicted octanol–water partition coefficient (Wildman–Crippen LogP) is 4.17. The van der Waals surface area contributed by atoms with E-state index in [1.807, 2.05) is 24.4 Å². The molecule has 3 nitrogen and oxygen atoms in total. The van der Waals surface area contributed by atoms with E-state index < -0.39 is 4.84 Å². The zero-order valence-corrected chi connectivity index (χ0v) is 13.6. The van der Waals surface area contributed by atoms with Crippen molar-refractivity contribution in [1.82, 2.24) is 10.3 Å². The van der Waals surface area contributed by atoms with Gasteiger partial charge in [0, 0.05) is 18.1 Å². The Bertz CT molecular complexity index is 643. The number of hydrogen-bond donors (Lipinski definition) is 1. The minimum Gasteiger partial charge on any atom is -0.350 e. The fourth-order valence-corrected chi connectivity index (χ4v) is 2.45. The lowest BCUT2D eigenvalue weighted by molar-refractivity contribution is -0.119. The molecule has 0 spiro atoms. The normalized spacial score (nSPS) is 12.6. The third-order valence-electron chi connectivity index (χ3n) is 3.66. The largest absolute Gasteiger partial charge is 0.350 e. The molecule has 0 aliphatic carbocycles. The number of rotatable bonds is 5. The summed E-state index contributed by atoms with van der Waals surface area (Å²) in [6.45, 7) is 4.72. The summed E-state index contributed by atoms with van der Waals surface area (Å²) < 4.78 is 0. The van der Waals surface area contributed by atoms with Crippen LogP contribution in [0.2, 0.25) is 0 Å². The molecule has 1 unspecified atom stereocenters. The smallest absolute Gasteiger partial charge is 0.253 e. The molecule has 0 radical (unpaired) electrons. The number of nitrogens with one attached hydrogen (secondary N) is 1. The van der Waals surface area contributed by atoms with E-state index in [4.69, 9.17) is 23.2 Å². The summed E-state index contributed by atoms with van der Waals surface area (Å²) in [4.78, 5) is 15.0. The number of alkyl halides is 2. The van der Waals surface area contributed by atoms with Crippen LogP contribution in [-0.4, -0.2) is 15.7 Å². The number of amides is 1. The second-order valence-electron chi connectivity index (χ2n) is 5.04. The zero-order valence-electron chi connectivity index (χ0n) is 12.1. The second kappa shape index (κ2) is 7.10. The van der Waals surface area contributed by atoms with Gasteiger partial charge >= 0.3 is 0 Å². The van der Waals surface area contributed by atoms with Gasteiger partial charge < -0.3 is 5.32 Å². The number of nitrogens with zero attached hydrogens (tertiary/aromatic N) is 1. The number of carbonyl (C=O) groups excluding carboxylic acids is 1. The van der Waals surface area contributed by atoms with Crippen LogP contribution in [0.5, 0.6) is 0 Å². The van der Waals surface area contributed by atoms with E-state index in [1.54, 1.807) is 0 Å². The fourth-order valence-electron chi connectivity index (χ4n) is 2.29. The summed E-state index contributed by atoms with van der Waals surface area (Å²) in [7, 11) is 0. The molecular formula is C16H18Cl2N2O. The Balaban J connectivity index is 2.36. The minimum absolute atomic E-state index is 0.383. The molecule has 112 valence electrons. The van der Waals surface area contributed by atoms with Gasteiger partial charge in [-0.25, -0.2) is 0 Å². The lowest BCUT2D eigenvalue weighted by Crippen LogP contribution is -2.27. The summed E-state index contributed by atoms with van der Waals surface area (Å²) in [6.07, 6.45) is 2.86. The highest BCUT2D eigenvalue weighted by Gasteiger charge is 2.13. The predicted molar refractivity (Wildman–Crippen MR) is 87.8 cm³/mol. The summed E-state index contributed by atoms with van der Waals surface area (Å²) in [5, 5.41) is 4.96. The average molecular weight is 325 g/mol. The molecule has 0 saturated carbocycles. The molecule has 0 fully saturated rings. The number of pyridine rings is 1. The molecule has 0 saturated heterocycles. The maximum Gasteiger partial charge on any atom is 0.253 e. The first-order chi connectivity index (χ1) is 10.0. The fraction of sp³-hybridized carbons (Fsp3) is 0.375. The Kier molecular flexibility index (Phi) is 5.43. The van der Waals surface area contributed by atoms with Crippen molar-refractivity contribution < 1.29 is 4.79 Å². The van der Waals surface area contributed by atoms with Crippen LogP contribution in [0.3, 0.4) is 0 Å². The van der Waals surface area contributed by atoms with Crippen LogP contribution >= 0.6 is 23.2 Å². The van der Waals surface area contributed by atoms with Gasteiger partial charge in [0.15, 0.2) is 4.84 Å². The maximum atomic E-state index is 11.5. The van der Waals surface area contributed by atoms with Gasteiger partial charge in [0.2, 0.25) is 0 Å². The van der Waals surface area contributed by atoms with E-state index in [1.165, 1.54) is 0 Å². The zero-order chi connectivity index (χ0) is 15.4. The van der Waals surface area contributed by atoms with Crippen LogP contribution in [0.25, 0.3) is 10.8 Å². The lowest BCUT2D eigenvalue weighted by atomic mass is 9.96. The number of halogens is 2. The van der Waals surface area contributed by atoms with Gasteiger partial charge in [-0.3, -0.25) is 9.78 Å². The van der Waals surface area contributed by atoms with Gasteiger partial charge in [-0.05, 0) is 29.4 Å². The Labute approximate surface area is 134 Å². The number of fused-ring (bicyclic) bond motifs is 1. The van der Waals surface area contributed by atoms with E-state index in [0.29, 0.717) is 12.5 Å². The second-order valence-corrected chi connectivity index (χ2v) is 6.13. The number of benzene rings is 1. The van der Waals surface area contributed by atoms with E-state index in [9.17, 15) is 4.79 Å². The molecule has 1 atom stereocenters. The molecule has 0 aliphatic rings. The van der Waals surface area contributed by atoms with E-state index in [2.05, 4.69) is 30.2 Å². The van der Waals surface area contributed by atoms with Gasteiger partial charge in [-0.1, -0.05) is 55.2 Å². The van der Waals surface area contributed by atoms with Gasteiger partial charge in [0.25, 0.3) is 5.91 Å². The van der Waals surface area contributed by atoms with Crippen molar-refractivity contribution in [3.63, 3.8) is 0 Å². The van der Waals surface area contributed by atoms with Crippen molar-refractivity contribution in [2.45, 2.75) is 37.6 Å². The molecule has 1 aromatic carbocycles. The number of aromatic nitrogens is 1. The maximum absolute atomic E-state index is 11.5. The molecule has 1 heterocycles. The van der Waals surface area contributed by atoms with Crippen LogP contribution in [0.15, 0.2) is 30.5 Å². The highest BCUT2D eigenvalue weighted by atomic mass is 35.5. The van der Waals surface area contributed by atoms with Crippen LogP contribution in [0, 0.1) is 0 Å². The van der Waals surface area contributed by atoms with Crippen LogP contribution < -0.4 is 5.32 Å². The van der Waals surface area contributed by atoms with Crippen molar-refractivity contribution in [2.24, 2.45) is 0 Å². The Morgan fingerprint density at radius 1 is 1.29 bits per heavy atom. The molecule has 1 N–H and O–H groups in total. The molecular weight excluding hydrogens is 307 g/mol. The van der Waals surface area contributed by atoms with E-state index in [0.717, 1.165) is 28.5 Å². The first-order valence-corrected chi connectivity index (χ1v) is 7.84. The molecule has 5 heteroatoms. The van der Waals surface area contributed by atoms with Crippen LogP contribution in [-0.2, 0) is 11.3 Å². The van der Waals surface area contributed by atoms with Gasteiger partial charge in [-0.2, -0.15) is 0 Å². The molecule has 2 rings (SSSR count). The standard InChI is InChI=1S/C16H18Cl2N2O/c1-3-10(2)14-13-6-4-5-11(12(13)7-8-19-14)9-20-16(21)15(17)18/h4-8,10,15H,3,9H2,1-2H3,(H,20,21). The molecule has 0 aliphatic heterocycles. The van der Waals surface area contributed by atoms with Crippen molar-refractivity contribution >= 4 is 39.9 Å². The molecule has 1 aromatic heterocycles. The molecule has 0 bridgehead atoms. The van der Waals surface area contributed by atoms with Gasteiger partial charge in [0.1, 0.15) is 0 Å². The SMILES string of the molecule is CCC(C)c1nccc2c(CNC(=O)C(Cl)Cl)cccc12. The van der Waals surface area contributed by atoms with Gasteiger partial charge in [0.05, 0.1) is 5.69 Å². The highest BCUT2D eigenvalue weighted by molar-refractivity contribution is 6.53. The van der Waals surface area contributed by atoms with Crippen LogP contribution in [0.1, 0.15) is 37.4 Å². The van der Waals surface area contributed by atoms with Crippen molar-refractivity contribution in [3.05, 3.63) is 41.7 Å². The average Bonchev–Trinajstić information content (AvgIpc) is 2.50. The molecule has 2 aromatic rings. The summed E-state index contributed by atoms with van der Waals surface area (Å²) >= 11 is 11.1. The third-order valence-corrected chi connectivity index (χ3v) is 4.05. The number of hydrogen-bond acceptors (Lipinski definition) is 2. The lowest BCUT2D eigenvalue weighted by Gasteiger charge is -2.14.